The number of benzene rings is 2. The second kappa shape index (κ2) is 7.32. The number of fused-ring (bicyclic) bond motifs is 1. The number of aliphatic hydroxyl groups is 1. The van der Waals surface area contributed by atoms with E-state index in [1.807, 2.05) is 53.1 Å². The van der Waals surface area contributed by atoms with Crippen LogP contribution in [-0.4, -0.2) is 32.0 Å². The van der Waals surface area contributed by atoms with E-state index in [2.05, 4.69) is 41.6 Å². The Kier molecular flexibility index (Phi) is 4.71. The molecular formula is C22H22N4O2. The van der Waals surface area contributed by atoms with Crippen molar-refractivity contribution in [1.29, 1.82) is 0 Å². The molecule has 4 aromatic rings. The van der Waals surface area contributed by atoms with E-state index in [-0.39, 0.29) is 0 Å². The monoisotopic (exact) mass is 374 g/mol. The van der Waals surface area contributed by atoms with E-state index < -0.39 is 12.5 Å². The number of carbonyl (C=O) groups excluding carboxylic acids is 1. The van der Waals surface area contributed by atoms with Crippen LogP contribution in [0.25, 0.3) is 27.7 Å². The summed E-state index contributed by atoms with van der Waals surface area (Å²) in [5.74, 6) is -0.429. The largest absolute Gasteiger partial charge is 0.387 e. The summed E-state index contributed by atoms with van der Waals surface area (Å²) in [7, 11) is 1.93. The van der Waals surface area contributed by atoms with Crippen molar-refractivity contribution < 1.29 is 9.90 Å². The highest BCUT2D eigenvalue weighted by Gasteiger charge is 2.12. The normalized spacial score (nSPS) is 11.1. The fourth-order valence-electron chi connectivity index (χ4n) is 3.36. The van der Waals surface area contributed by atoms with Gasteiger partial charge < -0.3 is 15.0 Å². The minimum Gasteiger partial charge on any atom is -0.387 e. The fourth-order valence-corrected chi connectivity index (χ4v) is 3.36. The van der Waals surface area contributed by atoms with Crippen LogP contribution >= 0.6 is 0 Å². The van der Waals surface area contributed by atoms with Crippen LogP contribution in [0.2, 0.25) is 0 Å². The van der Waals surface area contributed by atoms with Gasteiger partial charge in [0, 0.05) is 35.9 Å². The minimum absolute atomic E-state index is 0.429. The molecule has 2 heterocycles. The first-order valence-electron chi connectivity index (χ1n) is 9.23. The van der Waals surface area contributed by atoms with Crippen molar-refractivity contribution in [1.82, 2.24) is 14.3 Å². The van der Waals surface area contributed by atoms with E-state index in [0.29, 0.717) is 5.69 Å². The molecule has 6 heteroatoms. The molecule has 142 valence electrons. The lowest BCUT2D eigenvalue weighted by molar-refractivity contribution is -0.118. The van der Waals surface area contributed by atoms with Crippen molar-refractivity contribution in [3.05, 3.63) is 66.6 Å². The average molecular weight is 374 g/mol. The van der Waals surface area contributed by atoms with Gasteiger partial charge in [0.2, 0.25) is 5.91 Å². The van der Waals surface area contributed by atoms with Gasteiger partial charge in [-0.3, -0.25) is 4.79 Å². The molecular weight excluding hydrogens is 352 g/mol. The number of carbonyl (C=O) groups is 1. The third kappa shape index (κ3) is 3.30. The molecule has 0 bridgehead atoms. The topological polar surface area (TPSA) is 72.1 Å². The molecule has 0 saturated heterocycles. The lowest BCUT2D eigenvalue weighted by atomic mass is 10.1. The molecule has 28 heavy (non-hydrogen) atoms. The van der Waals surface area contributed by atoms with E-state index in [1.54, 1.807) is 0 Å². The van der Waals surface area contributed by atoms with Gasteiger partial charge in [-0.25, -0.2) is 4.68 Å². The number of amides is 1. The summed E-state index contributed by atoms with van der Waals surface area (Å²) >= 11 is 0. The number of aryl methyl sites for hydroxylation is 2. The van der Waals surface area contributed by atoms with Crippen LogP contribution in [0.1, 0.15) is 12.5 Å². The van der Waals surface area contributed by atoms with Crippen molar-refractivity contribution in [3.63, 3.8) is 0 Å². The van der Waals surface area contributed by atoms with Gasteiger partial charge in [-0.15, -0.1) is 0 Å². The summed E-state index contributed by atoms with van der Waals surface area (Å²) in [5.41, 5.74) is 5.99. The number of aromatic nitrogens is 3. The molecule has 0 aliphatic carbocycles. The highest BCUT2D eigenvalue weighted by Crippen LogP contribution is 2.30. The van der Waals surface area contributed by atoms with E-state index in [0.717, 1.165) is 34.1 Å². The Bertz CT molecular complexity index is 1140. The maximum absolute atomic E-state index is 11.6. The van der Waals surface area contributed by atoms with Crippen molar-refractivity contribution in [2.45, 2.75) is 13.3 Å². The standard InChI is InChI=1S/C22H22N4O2/c1-3-15-4-7-18(8-5-15)26-12-17(11-23-26)16-6-9-21-19(10-16)20(13-25(21)2)24-22(28)14-27/h4-13,27H,3,14H2,1-2H3,(H,24,28). The molecule has 0 radical (unpaired) electrons. The van der Waals surface area contributed by atoms with Crippen LogP contribution in [0.5, 0.6) is 0 Å². The van der Waals surface area contributed by atoms with Crippen molar-refractivity contribution in [2.75, 3.05) is 11.9 Å². The SMILES string of the molecule is CCc1ccc(-n2cc(-c3ccc4c(c3)c(NC(=O)CO)cn4C)cn2)cc1. The molecule has 4 rings (SSSR count). The fraction of sp³-hybridized carbons (Fsp3) is 0.182. The highest BCUT2D eigenvalue weighted by molar-refractivity contribution is 6.03. The van der Waals surface area contributed by atoms with Gasteiger partial charge >= 0.3 is 0 Å². The summed E-state index contributed by atoms with van der Waals surface area (Å²) in [5, 5.41) is 17.2. The minimum atomic E-state index is -0.542. The molecule has 0 aliphatic rings. The number of anilines is 1. The predicted octanol–water partition coefficient (Wildman–Crippen LogP) is 3.52. The molecule has 0 atom stereocenters. The van der Waals surface area contributed by atoms with Gasteiger partial charge in [0.05, 0.1) is 17.6 Å². The molecule has 1 amide bonds. The summed E-state index contributed by atoms with van der Waals surface area (Å²) in [6.45, 7) is 1.59. The highest BCUT2D eigenvalue weighted by atomic mass is 16.3. The maximum atomic E-state index is 11.6. The maximum Gasteiger partial charge on any atom is 0.250 e. The van der Waals surface area contributed by atoms with Crippen molar-refractivity contribution in [3.8, 4) is 16.8 Å². The molecule has 6 nitrogen and oxygen atoms in total. The molecule has 0 unspecified atom stereocenters. The third-order valence-electron chi connectivity index (χ3n) is 4.93. The van der Waals surface area contributed by atoms with E-state index in [1.165, 1.54) is 5.56 Å². The Labute approximate surface area is 163 Å². The Morgan fingerprint density at radius 3 is 2.61 bits per heavy atom. The molecule has 0 aliphatic heterocycles. The third-order valence-corrected chi connectivity index (χ3v) is 4.93. The van der Waals surface area contributed by atoms with Crippen LogP contribution in [-0.2, 0) is 18.3 Å². The molecule has 2 N–H and O–H groups in total. The zero-order valence-electron chi connectivity index (χ0n) is 15.9. The van der Waals surface area contributed by atoms with Crippen LogP contribution < -0.4 is 5.32 Å². The van der Waals surface area contributed by atoms with Crippen LogP contribution in [0.3, 0.4) is 0 Å². The van der Waals surface area contributed by atoms with E-state index in [4.69, 9.17) is 5.11 Å². The zero-order chi connectivity index (χ0) is 19.7. The lowest BCUT2D eigenvalue weighted by Crippen LogP contribution is -2.15. The Hall–Kier alpha value is -3.38. The molecule has 0 fully saturated rings. The predicted molar refractivity (Wildman–Crippen MR) is 111 cm³/mol. The second-order valence-corrected chi connectivity index (χ2v) is 6.79. The first kappa shape index (κ1) is 18.0. The summed E-state index contributed by atoms with van der Waals surface area (Å²) in [6.07, 6.45) is 6.69. The molecule has 0 spiro atoms. The number of hydrogen-bond acceptors (Lipinski definition) is 3. The first-order chi connectivity index (χ1) is 13.6. The van der Waals surface area contributed by atoms with E-state index >= 15 is 0 Å². The van der Waals surface area contributed by atoms with Gasteiger partial charge in [-0.2, -0.15) is 5.10 Å². The van der Waals surface area contributed by atoms with Gasteiger partial charge in [-0.1, -0.05) is 25.1 Å². The summed E-state index contributed by atoms with van der Waals surface area (Å²) in [6, 6.07) is 14.5. The van der Waals surface area contributed by atoms with Gasteiger partial charge in [0.25, 0.3) is 0 Å². The number of nitrogens with one attached hydrogen (secondary N) is 1. The Balaban J connectivity index is 1.70. The first-order valence-corrected chi connectivity index (χ1v) is 9.23. The number of hydrogen-bond donors (Lipinski definition) is 2. The van der Waals surface area contributed by atoms with Gasteiger partial charge in [0.1, 0.15) is 6.61 Å². The Morgan fingerprint density at radius 1 is 1.11 bits per heavy atom. The second-order valence-electron chi connectivity index (χ2n) is 6.79. The molecule has 0 saturated carbocycles. The van der Waals surface area contributed by atoms with Crippen molar-refractivity contribution in [2.24, 2.45) is 7.05 Å². The lowest BCUT2D eigenvalue weighted by Gasteiger charge is -2.04. The van der Waals surface area contributed by atoms with Crippen LogP contribution in [0, 0.1) is 0 Å². The van der Waals surface area contributed by atoms with Crippen LogP contribution in [0.4, 0.5) is 5.69 Å². The quantitative estimate of drug-likeness (QED) is 0.561. The smallest absolute Gasteiger partial charge is 0.250 e. The summed E-state index contributed by atoms with van der Waals surface area (Å²) in [4.78, 5) is 11.6. The number of rotatable bonds is 5. The van der Waals surface area contributed by atoms with Gasteiger partial charge in [0.15, 0.2) is 0 Å². The number of nitrogens with zero attached hydrogens (tertiary/aromatic N) is 3. The average Bonchev–Trinajstić information content (AvgIpc) is 3.33. The molecule has 2 aromatic carbocycles. The number of aliphatic hydroxyl groups excluding tert-OH is 1. The van der Waals surface area contributed by atoms with Gasteiger partial charge in [-0.05, 0) is 41.8 Å². The zero-order valence-corrected chi connectivity index (χ0v) is 15.9. The van der Waals surface area contributed by atoms with E-state index in [9.17, 15) is 4.79 Å². The molecule has 2 aromatic heterocycles. The van der Waals surface area contributed by atoms with Crippen molar-refractivity contribution >= 4 is 22.5 Å². The van der Waals surface area contributed by atoms with Crippen LogP contribution in [0.15, 0.2) is 61.1 Å². The Morgan fingerprint density at radius 2 is 1.89 bits per heavy atom. The summed E-state index contributed by atoms with van der Waals surface area (Å²) < 4.78 is 3.81.